The highest BCUT2D eigenvalue weighted by Gasteiger charge is 2.22. The van der Waals surface area contributed by atoms with Crippen molar-refractivity contribution in [2.24, 2.45) is 0 Å². The number of hydrogen-bond acceptors (Lipinski definition) is 5. The van der Waals surface area contributed by atoms with Crippen molar-refractivity contribution < 1.29 is 4.74 Å². The molecule has 7 heteroatoms. The van der Waals surface area contributed by atoms with Crippen LogP contribution in [0.4, 0.5) is 0 Å². The average molecular weight is 318 g/mol. The second-order valence-electron chi connectivity index (χ2n) is 5.26. The van der Waals surface area contributed by atoms with Gasteiger partial charge >= 0.3 is 0 Å². The first-order valence-corrected chi connectivity index (χ1v) is 7.47. The number of rotatable bonds is 4. The van der Waals surface area contributed by atoms with Gasteiger partial charge in [0.15, 0.2) is 0 Å². The molecule has 1 unspecified atom stereocenters. The molecule has 0 saturated carbocycles. The third-order valence-electron chi connectivity index (χ3n) is 3.67. The van der Waals surface area contributed by atoms with Crippen LogP contribution in [-0.2, 0) is 17.8 Å². The van der Waals surface area contributed by atoms with Gasteiger partial charge in [-0.05, 0) is 17.7 Å². The number of morpholine rings is 1. The fourth-order valence-electron chi connectivity index (χ4n) is 2.60. The van der Waals surface area contributed by atoms with Crippen molar-refractivity contribution in [3.63, 3.8) is 0 Å². The third kappa shape index (κ3) is 3.63. The van der Waals surface area contributed by atoms with Crippen molar-refractivity contribution in [1.82, 2.24) is 19.7 Å². The first-order chi connectivity index (χ1) is 10.7. The van der Waals surface area contributed by atoms with Gasteiger partial charge in [-0.3, -0.25) is 9.58 Å². The van der Waals surface area contributed by atoms with Gasteiger partial charge in [0.05, 0.1) is 30.9 Å². The first kappa shape index (κ1) is 15.0. The van der Waals surface area contributed by atoms with Crippen molar-refractivity contribution in [3.05, 3.63) is 47.0 Å². The summed E-state index contributed by atoms with van der Waals surface area (Å²) in [6.07, 6.45) is 3.29. The quantitative estimate of drug-likeness (QED) is 0.858. The minimum Gasteiger partial charge on any atom is -0.374 e. The highest BCUT2D eigenvalue weighted by molar-refractivity contribution is 6.30. The summed E-state index contributed by atoms with van der Waals surface area (Å²) in [7, 11) is 0. The van der Waals surface area contributed by atoms with Crippen LogP contribution < -0.4 is 0 Å². The van der Waals surface area contributed by atoms with E-state index in [-0.39, 0.29) is 6.10 Å². The van der Waals surface area contributed by atoms with E-state index in [1.165, 1.54) is 6.33 Å². The van der Waals surface area contributed by atoms with Gasteiger partial charge < -0.3 is 4.74 Å². The van der Waals surface area contributed by atoms with Crippen molar-refractivity contribution >= 4 is 11.6 Å². The maximum Gasteiger partial charge on any atom is 0.137 e. The molecule has 1 atom stereocenters. The minimum atomic E-state index is 0.0771. The number of ether oxygens (including phenoxy) is 1. The molecule has 2 aromatic rings. The summed E-state index contributed by atoms with van der Waals surface area (Å²) in [6, 6.07) is 7.67. The Bertz CT molecular complexity index is 667. The van der Waals surface area contributed by atoms with E-state index in [4.69, 9.17) is 16.3 Å². The Hall–Kier alpha value is -1.94. The molecule has 22 heavy (non-hydrogen) atoms. The molecular weight excluding hydrogens is 302 g/mol. The number of benzene rings is 1. The maximum atomic E-state index is 9.23. The lowest BCUT2D eigenvalue weighted by Gasteiger charge is -2.33. The van der Waals surface area contributed by atoms with Gasteiger partial charge in [-0.25, -0.2) is 4.98 Å². The Labute approximate surface area is 133 Å². The third-order valence-corrected chi connectivity index (χ3v) is 3.90. The minimum absolute atomic E-state index is 0.0771. The zero-order chi connectivity index (χ0) is 15.4. The molecule has 0 spiro atoms. The largest absolute Gasteiger partial charge is 0.374 e. The van der Waals surface area contributed by atoms with Crippen molar-refractivity contribution in [2.45, 2.75) is 19.2 Å². The summed E-state index contributed by atoms with van der Waals surface area (Å²) in [4.78, 5) is 6.23. The highest BCUT2D eigenvalue weighted by atomic mass is 35.5. The Morgan fingerprint density at radius 2 is 2.36 bits per heavy atom. The van der Waals surface area contributed by atoms with Gasteiger partial charge in [0.25, 0.3) is 0 Å². The predicted octanol–water partition coefficient (Wildman–Crippen LogP) is 1.70. The lowest BCUT2D eigenvalue weighted by molar-refractivity contribution is -0.0402. The van der Waals surface area contributed by atoms with Gasteiger partial charge in [0.1, 0.15) is 12.7 Å². The van der Waals surface area contributed by atoms with E-state index < -0.39 is 0 Å². The monoisotopic (exact) mass is 317 g/mol. The van der Waals surface area contributed by atoms with E-state index in [0.29, 0.717) is 23.7 Å². The molecule has 0 amide bonds. The van der Waals surface area contributed by atoms with Crippen LogP contribution in [0.25, 0.3) is 0 Å². The van der Waals surface area contributed by atoms with Gasteiger partial charge in [0, 0.05) is 24.7 Å². The van der Waals surface area contributed by atoms with Crippen LogP contribution >= 0.6 is 11.6 Å². The molecule has 1 fully saturated rings. The van der Waals surface area contributed by atoms with Gasteiger partial charge in [-0.15, -0.1) is 0 Å². The number of hydrogen-bond donors (Lipinski definition) is 0. The van der Waals surface area contributed by atoms with Crippen LogP contribution in [0.2, 0.25) is 5.02 Å². The van der Waals surface area contributed by atoms with Crippen molar-refractivity contribution in [2.75, 3.05) is 19.7 Å². The van der Waals surface area contributed by atoms with Crippen molar-refractivity contribution in [1.29, 1.82) is 5.26 Å². The van der Waals surface area contributed by atoms with E-state index in [1.807, 2.05) is 12.1 Å². The van der Waals surface area contributed by atoms with E-state index in [2.05, 4.69) is 21.1 Å². The summed E-state index contributed by atoms with van der Waals surface area (Å²) < 4.78 is 7.55. The standard InChI is InChI=1S/C15H16ClN5O/c16-14-2-1-12(13(5-14)6-17)7-20-3-4-22-15(8-20)9-21-11-18-10-19-21/h1-2,5,10-11,15H,3-4,7-9H2. The van der Waals surface area contributed by atoms with E-state index in [9.17, 15) is 5.26 Å². The number of aromatic nitrogens is 3. The van der Waals surface area contributed by atoms with E-state index in [1.54, 1.807) is 17.1 Å². The molecule has 0 radical (unpaired) electrons. The molecular formula is C15H16ClN5O. The summed E-state index contributed by atoms with van der Waals surface area (Å²) in [5.41, 5.74) is 1.63. The molecule has 1 saturated heterocycles. The fraction of sp³-hybridized carbons (Fsp3) is 0.400. The first-order valence-electron chi connectivity index (χ1n) is 7.09. The Morgan fingerprint density at radius 1 is 1.45 bits per heavy atom. The number of halogens is 1. The smallest absolute Gasteiger partial charge is 0.137 e. The molecule has 0 bridgehead atoms. The van der Waals surface area contributed by atoms with Crippen LogP contribution in [-0.4, -0.2) is 45.5 Å². The van der Waals surface area contributed by atoms with Crippen LogP contribution in [0.15, 0.2) is 30.9 Å². The average Bonchev–Trinajstić information content (AvgIpc) is 3.02. The van der Waals surface area contributed by atoms with Crippen LogP contribution in [0.1, 0.15) is 11.1 Å². The molecule has 1 aliphatic rings. The Kier molecular flexibility index (Phi) is 4.68. The summed E-state index contributed by atoms with van der Waals surface area (Å²) >= 11 is 5.94. The van der Waals surface area contributed by atoms with Gasteiger partial charge in [-0.2, -0.15) is 10.4 Å². The molecule has 1 aliphatic heterocycles. The zero-order valence-electron chi connectivity index (χ0n) is 12.0. The van der Waals surface area contributed by atoms with Crippen LogP contribution in [0.3, 0.4) is 0 Å². The lowest BCUT2D eigenvalue weighted by atomic mass is 10.1. The fourth-order valence-corrected chi connectivity index (χ4v) is 2.77. The molecule has 2 heterocycles. The molecule has 114 valence electrons. The van der Waals surface area contributed by atoms with Crippen molar-refractivity contribution in [3.8, 4) is 6.07 Å². The predicted molar refractivity (Wildman–Crippen MR) is 81.2 cm³/mol. The Morgan fingerprint density at radius 3 is 3.14 bits per heavy atom. The molecule has 0 aliphatic carbocycles. The molecule has 1 aromatic heterocycles. The highest BCUT2D eigenvalue weighted by Crippen LogP contribution is 2.18. The SMILES string of the molecule is N#Cc1cc(Cl)ccc1CN1CCOC(Cn2cncn2)C1. The number of nitrogens with zero attached hydrogens (tertiary/aromatic N) is 5. The normalized spacial score (nSPS) is 19.0. The van der Waals surface area contributed by atoms with Crippen LogP contribution in [0, 0.1) is 11.3 Å². The Balaban J connectivity index is 1.64. The number of nitriles is 1. The second kappa shape index (κ2) is 6.88. The lowest BCUT2D eigenvalue weighted by Crippen LogP contribution is -2.43. The molecule has 1 aromatic carbocycles. The van der Waals surface area contributed by atoms with E-state index in [0.717, 1.165) is 25.2 Å². The summed E-state index contributed by atoms with van der Waals surface area (Å²) in [5, 5.41) is 13.9. The van der Waals surface area contributed by atoms with E-state index >= 15 is 0 Å². The summed E-state index contributed by atoms with van der Waals surface area (Å²) in [6.45, 7) is 3.73. The topological polar surface area (TPSA) is 67.0 Å². The summed E-state index contributed by atoms with van der Waals surface area (Å²) in [5.74, 6) is 0. The molecule has 0 N–H and O–H groups in total. The second-order valence-corrected chi connectivity index (χ2v) is 5.70. The van der Waals surface area contributed by atoms with Gasteiger partial charge in [-0.1, -0.05) is 17.7 Å². The van der Waals surface area contributed by atoms with Crippen LogP contribution in [0.5, 0.6) is 0 Å². The van der Waals surface area contributed by atoms with Gasteiger partial charge in [0.2, 0.25) is 0 Å². The zero-order valence-corrected chi connectivity index (χ0v) is 12.8. The maximum absolute atomic E-state index is 9.23. The molecule has 3 rings (SSSR count). The molecule has 6 nitrogen and oxygen atoms in total.